The van der Waals surface area contributed by atoms with Crippen molar-refractivity contribution >= 4 is 40.1 Å². The maximum atomic E-state index is 6.11. The van der Waals surface area contributed by atoms with Crippen LogP contribution in [0.4, 0.5) is 5.82 Å². The molecule has 0 unspecified atom stereocenters. The number of fused-ring (bicyclic) bond motifs is 1. The fourth-order valence-electron chi connectivity index (χ4n) is 2.68. The average Bonchev–Trinajstić information content (AvgIpc) is 3.18. The number of hydrogen-bond acceptors (Lipinski definition) is 4. The van der Waals surface area contributed by atoms with E-state index in [0.717, 1.165) is 22.4 Å². The maximum absolute atomic E-state index is 6.11. The van der Waals surface area contributed by atoms with Gasteiger partial charge in [0.15, 0.2) is 5.65 Å². The first-order chi connectivity index (χ1) is 12.1. The molecule has 0 radical (unpaired) electrons. The van der Waals surface area contributed by atoms with E-state index in [9.17, 15) is 0 Å². The van der Waals surface area contributed by atoms with Crippen LogP contribution in [0.2, 0.25) is 10.2 Å². The second kappa shape index (κ2) is 6.38. The number of rotatable bonds is 4. The van der Waals surface area contributed by atoms with Crippen molar-refractivity contribution in [3.05, 3.63) is 64.8 Å². The molecule has 0 amide bonds. The van der Waals surface area contributed by atoms with Gasteiger partial charge in [-0.1, -0.05) is 41.4 Å². The van der Waals surface area contributed by atoms with E-state index >= 15 is 0 Å². The molecule has 0 aliphatic heterocycles. The minimum Gasteiger partial charge on any atom is -0.364 e. The first-order valence-corrected chi connectivity index (χ1v) is 8.38. The lowest BCUT2D eigenvalue weighted by Crippen LogP contribution is -2.06. The molecule has 6 nitrogen and oxygen atoms in total. The van der Waals surface area contributed by atoms with Gasteiger partial charge in [0.2, 0.25) is 0 Å². The number of halogens is 2. The fourth-order valence-corrected chi connectivity index (χ4v) is 3.09. The molecule has 8 heteroatoms. The average molecular weight is 373 g/mol. The van der Waals surface area contributed by atoms with Crippen LogP contribution in [0, 0.1) is 0 Å². The van der Waals surface area contributed by atoms with Crippen molar-refractivity contribution in [1.82, 2.24) is 24.3 Å². The third-order valence-electron chi connectivity index (χ3n) is 4.02. The molecule has 0 aliphatic carbocycles. The maximum Gasteiger partial charge on any atom is 0.168 e. The largest absolute Gasteiger partial charge is 0.364 e. The Morgan fingerprint density at radius 2 is 1.92 bits per heavy atom. The Morgan fingerprint density at radius 3 is 2.64 bits per heavy atom. The quantitative estimate of drug-likeness (QED) is 0.586. The van der Waals surface area contributed by atoms with Crippen molar-refractivity contribution in [2.45, 2.75) is 6.54 Å². The monoisotopic (exact) mass is 372 g/mol. The van der Waals surface area contributed by atoms with Crippen molar-refractivity contribution in [3.8, 4) is 5.69 Å². The third kappa shape index (κ3) is 2.83. The SMILES string of the molecule is Cn1c(CNc2ncnc3c2cnn3-c2ccccc2)cc(Cl)c1Cl. The summed E-state index contributed by atoms with van der Waals surface area (Å²) in [5, 5.41) is 9.65. The van der Waals surface area contributed by atoms with Crippen molar-refractivity contribution in [1.29, 1.82) is 0 Å². The Kier molecular flexibility index (Phi) is 4.07. The highest BCUT2D eigenvalue weighted by atomic mass is 35.5. The Labute approximate surface area is 154 Å². The molecule has 4 aromatic rings. The van der Waals surface area contributed by atoms with Crippen LogP contribution in [-0.2, 0) is 13.6 Å². The summed E-state index contributed by atoms with van der Waals surface area (Å²) in [7, 11) is 1.87. The number of aromatic nitrogens is 5. The van der Waals surface area contributed by atoms with E-state index < -0.39 is 0 Å². The van der Waals surface area contributed by atoms with Gasteiger partial charge in [0, 0.05) is 12.7 Å². The fraction of sp³-hybridized carbons (Fsp3) is 0.118. The predicted molar refractivity (Wildman–Crippen MR) is 99.4 cm³/mol. The minimum atomic E-state index is 0.517. The zero-order chi connectivity index (χ0) is 17.4. The molecule has 0 saturated carbocycles. The molecule has 25 heavy (non-hydrogen) atoms. The molecule has 0 atom stereocenters. The summed E-state index contributed by atoms with van der Waals surface area (Å²) >= 11 is 12.2. The van der Waals surface area contributed by atoms with Crippen LogP contribution in [0.25, 0.3) is 16.7 Å². The molecule has 0 bridgehead atoms. The van der Waals surface area contributed by atoms with E-state index in [4.69, 9.17) is 23.2 Å². The molecule has 0 saturated heterocycles. The summed E-state index contributed by atoms with van der Waals surface area (Å²) in [6.45, 7) is 0.533. The standard InChI is InChI=1S/C17H14Cl2N6/c1-24-12(7-14(18)15(24)19)8-20-16-13-9-23-25(17(13)22-10-21-16)11-5-3-2-4-6-11/h2-7,9-10H,8H2,1H3,(H,20,21,22). The van der Waals surface area contributed by atoms with Crippen LogP contribution < -0.4 is 5.32 Å². The molecule has 1 N–H and O–H groups in total. The number of hydrogen-bond donors (Lipinski definition) is 1. The van der Waals surface area contributed by atoms with Crippen LogP contribution in [0.3, 0.4) is 0 Å². The van der Waals surface area contributed by atoms with Gasteiger partial charge < -0.3 is 9.88 Å². The molecule has 0 aliphatic rings. The number of benzene rings is 1. The second-order valence-electron chi connectivity index (χ2n) is 5.54. The van der Waals surface area contributed by atoms with Gasteiger partial charge in [-0.2, -0.15) is 5.10 Å². The number of nitrogens with one attached hydrogen (secondary N) is 1. The van der Waals surface area contributed by atoms with Crippen LogP contribution >= 0.6 is 23.2 Å². The van der Waals surface area contributed by atoms with E-state index in [1.165, 1.54) is 6.33 Å². The Morgan fingerprint density at radius 1 is 1.12 bits per heavy atom. The first kappa shape index (κ1) is 15.9. The van der Waals surface area contributed by atoms with Crippen LogP contribution in [-0.4, -0.2) is 24.3 Å². The summed E-state index contributed by atoms with van der Waals surface area (Å²) in [6, 6.07) is 11.7. The summed E-state index contributed by atoms with van der Waals surface area (Å²) in [4.78, 5) is 8.71. The van der Waals surface area contributed by atoms with E-state index in [1.54, 1.807) is 10.9 Å². The lowest BCUT2D eigenvalue weighted by Gasteiger charge is -2.08. The zero-order valence-corrected chi connectivity index (χ0v) is 14.8. The Balaban J connectivity index is 1.67. The second-order valence-corrected chi connectivity index (χ2v) is 6.30. The minimum absolute atomic E-state index is 0.517. The summed E-state index contributed by atoms with van der Waals surface area (Å²) in [5.41, 5.74) is 2.65. The third-order valence-corrected chi connectivity index (χ3v) is 4.86. The molecule has 1 aromatic carbocycles. The highest BCUT2D eigenvalue weighted by molar-refractivity contribution is 6.41. The van der Waals surface area contributed by atoms with Gasteiger partial charge in [-0.15, -0.1) is 0 Å². The van der Waals surface area contributed by atoms with Crippen molar-refractivity contribution < 1.29 is 0 Å². The molecular formula is C17H14Cl2N6. The van der Waals surface area contributed by atoms with E-state index in [2.05, 4.69) is 20.4 Å². The molecule has 0 spiro atoms. The predicted octanol–water partition coefficient (Wildman–Crippen LogP) is 4.07. The number of para-hydroxylation sites is 1. The van der Waals surface area contributed by atoms with E-state index in [1.807, 2.05) is 48.0 Å². The Hall–Kier alpha value is -2.57. The van der Waals surface area contributed by atoms with Crippen LogP contribution in [0.1, 0.15) is 5.69 Å². The Bertz CT molecular complexity index is 1040. The van der Waals surface area contributed by atoms with Crippen molar-refractivity contribution in [2.75, 3.05) is 5.32 Å². The van der Waals surface area contributed by atoms with Gasteiger partial charge in [0.1, 0.15) is 17.3 Å². The van der Waals surface area contributed by atoms with Crippen LogP contribution in [0.5, 0.6) is 0 Å². The lowest BCUT2D eigenvalue weighted by molar-refractivity contribution is 0.841. The first-order valence-electron chi connectivity index (χ1n) is 7.63. The molecule has 4 rings (SSSR count). The van der Waals surface area contributed by atoms with Crippen molar-refractivity contribution in [2.24, 2.45) is 7.05 Å². The van der Waals surface area contributed by atoms with Gasteiger partial charge in [0.05, 0.1) is 28.8 Å². The summed E-state index contributed by atoms with van der Waals surface area (Å²) in [6.07, 6.45) is 3.28. The normalized spacial score (nSPS) is 11.2. The van der Waals surface area contributed by atoms with Gasteiger partial charge in [-0.3, -0.25) is 0 Å². The molecule has 126 valence electrons. The topological polar surface area (TPSA) is 60.6 Å². The number of anilines is 1. The van der Waals surface area contributed by atoms with Gasteiger partial charge in [-0.25, -0.2) is 14.6 Å². The highest BCUT2D eigenvalue weighted by Gasteiger charge is 2.13. The molecular weight excluding hydrogens is 359 g/mol. The van der Waals surface area contributed by atoms with E-state index in [-0.39, 0.29) is 0 Å². The molecule has 3 aromatic heterocycles. The van der Waals surface area contributed by atoms with Gasteiger partial charge in [0.25, 0.3) is 0 Å². The highest BCUT2D eigenvalue weighted by Crippen LogP contribution is 2.26. The molecule has 0 fully saturated rings. The molecule has 3 heterocycles. The number of nitrogens with zero attached hydrogens (tertiary/aromatic N) is 5. The smallest absolute Gasteiger partial charge is 0.168 e. The van der Waals surface area contributed by atoms with Gasteiger partial charge in [-0.05, 0) is 18.2 Å². The van der Waals surface area contributed by atoms with Crippen LogP contribution in [0.15, 0.2) is 48.9 Å². The summed E-state index contributed by atoms with van der Waals surface area (Å²) in [5.74, 6) is 0.709. The lowest BCUT2D eigenvalue weighted by atomic mass is 10.3. The van der Waals surface area contributed by atoms with E-state index in [0.29, 0.717) is 22.5 Å². The van der Waals surface area contributed by atoms with Crippen molar-refractivity contribution in [3.63, 3.8) is 0 Å². The zero-order valence-electron chi connectivity index (χ0n) is 13.3. The van der Waals surface area contributed by atoms with Gasteiger partial charge >= 0.3 is 0 Å². The summed E-state index contributed by atoms with van der Waals surface area (Å²) < 4.78 is 3.63.